The van der Waals surface area contributed by atoms with E-state index >= 15 is 0 Å². The largest absolute Gasteiger partial charge is 0.491 e. The third-order valence-corrected chi connectivity index (χ3v) is 4.45. The summed E-state index contributed by atoms with van der Waals surface area (Å²) in [5.41, 5.74) is 0. The van der Waals surface area contributed by atoms with Gasteiger partial charge in [0.25, 0.3) is 0 Å². The maximum atomic E-state index is 13.4. The van der Waals surface area contributed by atoms with Gasteiger partial charge in [-0.15, -0.1) is 0 Å². The average Bonchev–Trinajstić information content (AvgIpc) is 2.81. The van der Waals surface area contributed by atoms with Gasteiger partial charge >= 0.3 is 0 Å². The first-order valence-electron chi connectivity index (χ1n) is 8.41. The van der Waals surface area contributed by atoms with Crippen LogP contribution in [0.4, 0.5) is 8.78 Å². The van der Waals surface area contributed by atoms with E-state index in [1.54, 1.807) is 0 Å². The number of hydrogen-bond donors (Lipinski definition) is 0. The second-order valence-corrected chi connectivity index (χ2v) is 6.18. The molecule has 1 amide bonds. The van der Waals surface area contributed by atoms with Crippen LogP contribution in [0.3, 0.4) is 0 Å². The van der Waals surface area contributed by atoms with Gasteiger partial charge in [0.2, 0.25) is 5.91 Å². The monoisotopic (exact) mass is 325 g/mol. The minimum Gasteiger partial charge on any atom is -0.491 e. The SMILES string of the molecule is CN(C(=O)CCCOc1ccc(F)cc1F)C1CCCCCC1. The highest BCUT2D eigenvalue weighted by atomic mass is 19.1. The van der Waals surface area contributed by atoms with E-state index in [0.29, 0.717) is 18.9 Å². The summed E-state index contributed by atoms with van der Waals surface area (Å²) in [6, 6.07) is 3.56. The molecular formula is C18H25F2NO2. The van der Waals surface area contributed by atoms with E-state index in [1.165, 1.54) is 31.7 Å². The number of carbonyl (C=O) groups excluding carboxylic acids is 1. The number of hydrogen-bond acceptors (Lipinski definition) is 2. The maximum absolute atomic E-state index is 13.4. The topological polar surface area (TPSA) is 29.5 Å². The number of amides is 1. The van der Waals surface area contributed by atoms with Crippen LogP contribution in [0.5, 0.6) is 5.75 Å². The lowest BCUT2D eigenvalue weighted by Gasteiger charge is -2.27. The Hall–Kier alpha value is -1.65. The molecule has 2 rings (SSSR count). The molecule has 1 aromatic rings. The lowest BCUT2D eigenvalue weighted by atomic mass is 10.1. The highest BCUT2D eigenvalue weighted by Crippen LogP contribution is 2.22. The van der Waals surface area contributed by atoms with Crippen molar-refractivity contribution in [3.05, 3.63) is 29.8 Å². The normalized spacial score (nSPS) is 16.0. The average molecular weight is 325 g/mol. The molecule has 23 heavy (non-hydrogen) atoms. The standard InChI is InChI=1S/C18H25F2NO2/c1-21(15-7-4-2-3-5-8-15)18(22)9-6-12-23-17-11-10-14(19)13-16(17)20/h10-11,13,15H,2-9,12H2,1H3. The van der Waals surface area contributed by atoms with Crippen molar-refractivity contribution in [2.24, 2.45) is 0 Å². The molecule has 0 spiro atoms. The van der Waals surface area contributed by atoms with Crippen molar-refractivity contribution in [2.75, 3.05) is 13.7 Å². The lowest BCUT2D eigenvalue weighted by Crippen LogP contribution is -2.36. The Labute approximate surface area is 136 Å². The molecule has 1 saturated carbocycles. The van der Waals surface area contributed by atoms with Gasteiger partial charge in [0.15, 0.2) is 11.6 Å². The second kappa shape index (κ2) is 8.85. The molecule has 0 atom stereocenters. The van der Waals surface area contributed by atoms with Crippen LogP contribution in [0, 0.1) is 11.6 Å². The van der Waals surface area contributed by atoms with Gasteiger partial charge < -0.3 is 9.64 Å². The summed E-state index contributed by atoms with van der Waals surface area (Å²) in [4.78, 5) is 14.1. The lowest BCUT2D eigenvalue weighted by molar-refractivity contribution is -0.132. The first-order chi connectivity index (χ1) is 11.1. The fraction of sp³-hybridized carbons (Fsp3) is 0.611. The zero-order chi connectivity index (χ0) is 16.7. The van der Waals surface area contributed by atoms with Crippen LogP contribution in [0.15, 0.2) is 18.2 Å². The molecule has 0 heterocycles. The van der Waals surface area contributed by atoms with Gasteiger partial charge in [0.1, 0.15) is 5.82 Å². The molecule has 0 saturated heterocycles. The number of nitrogens with zero attached hydrogens (tertiary/aromatic N) is 1. The summed E-state index contributed by atoms with van der Waals surface area (Å²) in [7, 11) is 1.87. The van der Waals surface area contributed by atoms with E-state index in [1.807, 2.05) is 11.9 Å². The Kier molecular flexibility index (Phi) is 6.81. The van der Waals surface area contributed by atoms with Crippen molar-refractivity contribution in [2.45, 2.75) is 57.4 Å². The van der Waals surface area contributed by atoms with E-state index in [9.17, 15) is 13.6 Å². The minimum absolute atomic E-state index is 0.0240. The number of halogens is 2. The first-order valence-corrected chi connectivity index (χ1v) is 8.41. The van der Waals surface area contributed by atoms with Crippen molar-refractivity contribution in [1.82, 2.24) is 4.90 Å². The quantitative estimate of drug-likeness (QED) is 0.576. The van der Waals surface area contributed by atoms with Crippen LogP contribution in [0.25, 0.3) is 0 Å². The predicted molar refractivity (Wildman–Crippen MR) is 85.3 cm³/mol. The summed E-state index contributed by atoms with van der Waals surface area (Å²) in [5, 5.41) is 0. The van der Waals surface area contributed by atoms with Crippen molar-refractivity contribution in [3.63, 3.8) is 0 Å². The molecule has 0 aromatic heterocycles. The van der Waals surface area contributed by atoms with E-state index < -0.39 is 11.6 Å². The number of rotatable bonds is 6. The Morgan fingerprint density at radius 1 is 1.22 bits per heavy atom. The fourth-order valence-corrected chi connectivity index (χ4v) is 3.02. The molecular weight excluding hydrogens is 300 g/mol. The van der Waals surface area contributed by atoms with Crippen LogP contribution in [0.1, 0.15) is 51.4 Å². The predicted octanol–water partition coefficient (Wildman–Crippen LogP) is 4.31. The maximum Gasteiger partial charge on any atom is 0.222 e. The van der Waals surface area contributed by atoms with E-state index in [-0.39, 0.29) is 18.3 Å². The van der Waals surface area contributed by atoms with Crippen molar-refractivity contribution in [1.29, 1.82) is 0 Å². The summed E-state index contributed by atoms with van der Waals surface area (Å²) in [6.45, 7) is 0.243. The molecule has 3 nitrogen and oxygen atoms in total. The molecule has 1 aliphatic rings. The van der Waals surface area contributed by atoms with E-state index in [2.05, 4.69) is 0 Å². The number of benzene rings is 1. The van der Waals surface area contributed by atoms with Crippen LogP contribution >= 0.6 is 0 Å². The van der Waals surface area contributed by atoms with Crippen molar-refractivity contribution in [3.8, 4) is 5.75 Å². The zero-order valence-electron chi connectivity index (χ0n) is 13.7. The van der Waals surface area contributed by atoms with Crippen molar-refractivity contribution >= 4 is 5.91 Å². The Morgan fingerprint density at radius 3 is 2.57 bits per heavy atom. The molecule has 0 aliphatic heterocycles. The zero-order valence-corrected chi connectivity index (χ0v) is 13.7. The van der Waals surface area contributed by atoms with Gasteiger partial charge in [0, 0.05) is 25.6 Å². The van der Waals surface area contributed by atoms with Gasteiger partial charge in [0.05, 0.1) is 6.61 Å². The van der Waals surface area contributed by atoms with Gasteiger partial charge in [-0.1, -0.05) is 25.7 Å². The molecule has 0 bridgehead atoms. The Bertz CT molecular complexity index is 514. The molecule has 0 N–H and O–H groups in total. The summed E-state index contributed by atoms with van der Waals surface area (Å²) in [5.74, 6) is -1.21. The van der Waals surface area contributed by atoms with Gasteiger partial charge in [-0.3, -0.25) is 4.79 Å². The van der Waals surface area contributed by atoms with Gasteiger partial charge in [-0.05, 0) is 31.4 Å². The molecule has 128 valence electrons. The highest BCUT2D eigenvalue weighted by Gasteiger charge is 2.20. The van der Waals surface area contributed by atoms with Crippen LogP contribution in [0.2, 0.25) is 0 Å². The van der Waals surface area contributed by atoms with E-state index in [0.717, 1.165) is 25.0 Å². The summed E-state index contributed by atoms with van der Waals surface area (Å²) < 4.78 is 31.5. The van der Waals surface area contributed by atoms with Gasteiger partial charge in [-0.2, -0.15) is 0 Å². The van der Waals surface area contributed by atoms with Crippen LogP contribution in [-0.2, 0) is 4.79 Å². The molecule has 1 fully saturated rings. The van der Waals surface area contributed by atoms with E-state index in [4.69, 9.17) is 4.74 Å². The molecule has 5 heteroatoms. The number of carbonyl (C=O) groups is 1. The molecule has 1 aliphatic carbocycles. The minimum atomic E-state index is -0.716. The third-order valence-electron chi connectivity index (χ3n) is 4.45. The highest BCUT2D eigenvalue weighted by molar-refractivity contribution is 5.76. The molecule has 0 unspecified atom stereocenters. The summed E-state index contributed by atoms with van der Waals surface area (Å²) >= 11 is 0. The Morgan fingerprint density at radius 2 is 1.91 bits per heavy atom. The summed E-state index contributed by atoms with van der Waals surface area (Å²) in [6.07, 6.45) is 7.97. The fourth-order valence-electron chi connectivity index (χ4n) is 3.02. The van der Waals surface area contributed by atoms with Gasteiger partial charge in [-0.25, -0.2) is 8.78 Å². The Balaban J connectivity index is 1.71. The molecule has 0 radical (unpaired) electrons. The van der Waals surface area contributed by atoms with Crippen molar-refractivity contribution < 1.29 is 18.3 Å². The first kappa shape index (κ1) is 17.7. The van der Waals surface area contributed by atoms with Crippen LogP contribution in [-0.4, -0.2) is 30.5 Å². The molecule has 1 aromatic carbocycles. The second-order valence-electron chi connectivity index (χ2n) is 6.18. The third kappa shape index (κ3) is 5.48. The smallest absolute Gasteiger partial charge is 0.222 e. The number of ether oxygens (including phenoxy) is 1. The van der Waals surface area contributed by atoms with Crippen LogP contribution < -0.4 is 4.74 Å².